The highest BCUT2D eigenvalue weighted by molar-refractivity contribution is 6.05. The summed E-state index contributed by atoms with van der Waals surface area (Å²) in [6.45, 7) is 7.95. The average Bonchev–Trinajstić information content (AvgIpc) is 3.51. The average molecular weight is 516 g/mol. The second-order valence-corrected chi connectivity index (χ2v) is 9.96. The normalized spacial score (nSPS) is 17.2. The number of amides is 2. The number of piperidine rings is 1. The number of hydrogen-bond donors (Lipinski definition) is 2. The van der Waals surface area contributed by atoms with Crippen LogP contribution in [-0.4, -0.2) is 38.0 Å². The zero-order valence-corrected chi connectivity index (χ0v) is 21.4. The molecule has 7 nitrogen and oxygen atoms in total. The Balaban J connectivity index is 1.52. The quantitative estimate of drug-likeness (QED) is 0.408. The topological polar surface area (TPSA) is 83.0 Å². The van der Waals surface area contributed by atoms with E-state index in [-0.39, 0.29) is 29.7 Å². The minimum atomic E-state index is -4.67. The number of nitrogens with zero attached hydrogens (tertiary/aromatic N) is 3. The molecule has 1 aliphatic heterocycles. The van der Waals surface area contributed by atoms with Crippen molar-refractivity contribution in [3.05, 3.63) is 70.7 Å². The van der Waals surface area contributed by atoms with Gasteiger partial charge < -0.3 is 14.8 Å². The number of anilines is 1. The third-order valence-electron chi connectivity index (χ3n) is 6.92. The van der Waals surface area contributed by atoms with E-state index in [1.807, 2.05) is 43.0 Å². The Bertz CT molecular complexity index is 1260. The van der Waals surface area contributed by atoms with Crippen molar-refractivity contribution in [1.29, 1.82) is 0 Å². The molecule has 2 N–H and O–H groups in total. The van der Waals surface area contributed by atoms with Crippen LogP contribution < -0.4 is 5.32 Å². The van der Waals surface area contributed by atoms with Gasteiger partial charge in [-0.2, -0.15) is 18.3 Å². The van der Waals surface area contributed by atoms with Crippen LogP contribution >= 0.6 is 0 Å². The van der Waals surface area contributed by atoms with Crippen LogP contribution in [0.3, 0.4) is 0 Å². The van der Waals surface area contributed by atoms with Gasteiger partial charge in [-0.3, -0.25) is 14.7 Å². The van der Waals surface area contributed by atoms with Crippen molar-refractivity contribution in [2.24, 2.45) is 0 Å². The summed E-state index contributed by atoms with van der Waals surface area (Å²) in [4.78, 5) is 28.1. The van der Waals surface area contributed by atoms with Gasteiger partial charge in [-0.1, -0.05) is 29.8 Å². The molecule has 3 aromatic rings. The van der Waals surface area contributed by atoms with Crippen LogP contribution in [0.5, 0.6) is 0 Å². The molecule has 1 aliphatic rings. The number of likely N-dealkylation sites (tertiary alicyclic amines) is 1. The van der Waals surface area contributed by atoms with E-state index < -0.39 is 23.2 Å². The summed E-state index contributed by atoms with van der Waals surface area (Å²) < 4.78 is 42.0. The molecule has 37 heavy (non-hydrogen) atoms. The molecule has 1 saturated heterocycles. The Morgan fingerprint density at radius 2 is 1.81 bits per heavy atom. The summed E-state index contributed by atoms with van der Waals surface area (Å²) in [5.74, 6) is -1.11. The fourth-order valence-corrected chi connectivity index (χ4v) is 4.70. The number of nitrogens with one attached hydrogen (secondary N) is 2. The van der Waals surface area contributed by atoms with Gasteiger partial charge in [0.25, 0.3) is 5.91 Å². The Hall–Kier alpha value is -3.56. The van der Waals surface area contributed by atoms with Crippen LogP contribution in [0.1, 0.15) is 90.8 Å². The van der Waals surface area contributed by atoms with Crippen molar-refractivity contribution in [2.45, 2.75) is 71.1 Å². The minimum absolute atomic E-state index is 0.00131. The van der Waals surface area contributed by atoms with E-state index in [0.717, 1.165) is 36.6 Å². The van der Waals surface area contributed by atoms with E-state index in [2.05, 4.69) is 15.5 Å². The molecular formula is C27H32F3N5O2. The SMILES string of the molecule is Cc1ccc(C(C)C(=O)N2CCCCC2c2cc(NC(=O)c3cn(C(C)C)cc3C(F)(F)F)n[nH]2)cc1. The van der Waals surface area contributed by atoms with Gasteiger partial charge in [0.05, 0.1) is 28.8 Å². The molecule has 2 aromatic heterocycles. The van der Waals surface area contributed by atoms with Crippen molar-refractivity contribution in [1.82, 2.24) is 19.7 Å². The molecule has 0 saturated carbocycles. The summed E-state index contributed by atoms with van der Waals surface area (Å²) in [5.41, 5.74) is 1.23. The van der Waals surface area contributed by atoms with Crippen LogP contribution in [0.15, 0.2) is 42.7 Å². The molecule has 0 radical (unpaired) electrons. The highest BCUT2D eigenvalue weighted by Gasteiger charge is 2.37. The maximum absolute atomic E-state index is 13.5. The number of halogens is 3. The molecule has 2 unspecified atom stereocenters. The molecule has 0 bridgehead atoms. The largest absolute Gasteiger partial charge is 0.418 e. The predicted molar refractivity (Wildman–Crippen MR) is 134 cm³/mol. The lowest BCUT2D eigenvalue weighted by Crippen LogP contribution is -2.40. The summed E-state index contributed by atoms with van der Waals surface area (Å²) in [7, 11) is 0. The fraction of sp³-hybridized carbons (Fsp3) is 0.444. The lowest BCUT2D eigenvalue weighted by Gasteiger charge is -2.36. The number of rotatable bonds is 6. The second-order valence-electron chi connectivity index (χ2n) is 9.96. The van der Waals surface area contributed by atoms with Gasteiger partial charge >= 0.3 is 6.18 Å². The number of H-pyrrole nitrogens is 1. The Labute approximate surface area is 214 Å². The lowest BCUT2D eigenvalue weighted by molar-refractivity contribution is -0.138. The zero-order chi connectivity index (χ0) is 26.9. The minimum Gasteiger partial charge on any atom is -0.350 e. The van der Waals surface area contributed by atoms with Gasteiger partial charge in [-0.15, -0.1) is 0 Å². The molecular weight excluding hydrogens is 483 g/mol. The summed E-state index contributed by atoms with van der Waals surface area (Å²) in [6, 6.07) is 8.98. The highest BCUT2D eigenvalue weighted by Crippen LogP contribution is 2.35. The number of hydrogen-bond acceptors (Lipinski definition) is 3. The number of aryl methyl sites for hydroxylation is 1. The van der Waals surface area contributed by atoms with E-state index in [0.29, 0.717) is 12.2 Å². The maximum atomic E-state index is 13.5. The van der Waals surface area contributed by atoms with E-state index in [1.54, 1.807) is 19.9 Å². The number of carbonyl (C=O) groups excluding carboxylic acids is 2. The monoisotopic (exact) mass is 515 g/mol. The van der Waals surface area contributed by atoms with Gasteiger partial charge in [0.15, 0.2) is 5.82 Å². The number of aromatic amines is 1. The molecule has 0 spiro atoms. The van der Waals surface area contributed by atoms with Crippen LogP contribution in [0.25, 0.3) is 0 Å². The summed E-state index contributed by atoms with van der Waals surface area (Å²) in [5, 5.41) is 9.48. The van der Waals surface area contributed by atoms with Crippen LogP contribution in [0, 0.1) is 6.92 Å². The van der Waals surface area contributed by atoms with Gasteiger partial charge in [0.1, 0.15) is 0 Å². The smallest absolute Gasteiger partial charge is 0.350 e. The molecule has 198 valence electrons. The Morgan fingerprint density at radius 1 is 1.11 bits per heavy atom. The van der Waals surface area contributed by atoms with Gasteiger partial charge in [-0.05, 0) is 52.5 Å². The first-order valence-corrected chi connectivity index (χ1v) is 12.5. The predicted octanol–water partition coefficient (Wildman–Crippen LogP) is 6.23. The number of aromatic nitrogens is 3. The third kappa shape index (κ3) is 5.73. The van der Waals surface area contributed by atoms with Gasteiger partial charge in [0, 0.05) is 31.0 Å². The molecule has 2 amide bonds. The van der Waals surface area contributed by atoms with Crippen LogP contribution in [0.2, 0.25) is 0 Å². The molecule has 0 aliphatic carbocycles. The molecule has 10 heteroatoms. The van der Waals surface area contributed by atoms with Crippen LogP contribution in [0.4, 0.5) is 19.0 Å². The second kappa shape index (κ2) is 10.4. The first kappa shape index (κ1) is 26.5. The summed E-state index contributed by atoms with van der Waals surface area (Å²) >= 11 is 0. The van der Waals surface area contributed by atoms with Gasteiger partial charge in [0.2, 0.25) is 5.91 Å². The zero-order valence-electron chi connectivity index (χ0n) is 21.4. The van der Waals surface area contributed by atoms with Crippen LogP contribution in [-0.2, 0) is 11.0 Å². The third-order valence-corrected chi connectivity index (χ3v) is 6.92. The number of benzene rings is 1. The number of carbonyl (C=O) groups is 2. The molecule has 4 rings (SSSR count). The molecule has 2 atom stereocenters. The highest BCUT2D eigenvalue weighted by atomic mass is 19.4. The molecule has 3 heterocycles. The molecule has 1 aromatic carbocycles. The van der Waals surface area contributed by atoms with Gasteiger partial charge in [-0.25, -0.2) is 0 Å². The Kier molecular flexibility index (Phi) is 7.47. The van der Waals surface area contributed by atoms with E-state index in [4.69, 9.17) is 0 Å². The van der Waals surface area contributed by atoms with Crippen molar-refractivity contribution in [3.63, 3.8) is 0 Å². The van der Waals surface area contributed by atoms with Crippen molar-refractivity contribution in [2.75, 3.05) is 11.9 Å². The lowest BCUT2D eigenvalue weighted by atomic mass is 9.94. The standard InChI is InChI=1S/C27H32F3N5O2/c1-16(2)34-14-20(21(15-34)27(28,29)30)25(36)31-24-13-22(32-33-24)23-7-5-6-12-35(23)26(37)18(4)19-10-8-17(3)9-11-19/h8-11,13-16,18,23H,5-7,12H2,1-4H3,(H2,31,32,33,36). The Morgan fingerprint density at radius 3 is 2.46 bits per heavy atom. The summed E-state index contributed by atoms with van der Waals surface area (Å²) in [6.07, 6.45) is -0.00188. The van der Waals surface area contributed by atoms with E-state index in [1.165, 1.54) is 10.8 Å². The van der Waals surface area contributed by atoms with Crippen molar-refractivity contribution < 1.29 is 22.8 Å². The maximum Gasteiger partial charge on any atom is 0.418 e. The van der Waals surface area contributed by atoms with E-state index in [9.17, 15) is 22.8 Å². The first-order chi connectivity index (χ1) is 17.5. The number of alkyl halides is 3. The first-order valence-electron chi connectivity index (χ1n) is 12.5. The fourth-order valence-electron chi connectivity index (χ4n) is 4.70. The molecule has 1 fully saturated rings. The van der Waals surface area contributed by atoms with Crippen molar-refractivity contribution in [3.8, 4) is 0 Å². The van der Waals surface area contributed by atoms with Crippen molar-refractivity contribution >= 4 is 17.6 Å². The van der Waals surface area contributed by atoms with E-state index >= 15 is 0 Å².